The van der Waals surface area contributed by atoms with Crippen molar-refractivity contribution in [3.8, 4) is 0 Å². The van der Waals surface area contributed by atoms with E-state index >= 15 is 0 Å². The van der Waals surface area contributed by atoms with Gasteiger partial charge < -0.3 is 25.2 Å². The first kappa shape index (κ1) is 9.40. The van der Waals surface area contributed by atoms with Crippen molar-refractivity contribution in [2.45, 2.75) is 24.4 Å². The Morgan fingerprint density at radius 3 is 2.33 bits per heavy atom. The fraction of sp³-hybridized carbons (Fsp3) is 0.833. The summed E-state index contributed by atoms with van der Waals surface area (Å²) in [7, 11) is 0. The maximum Gasteiger partial charge on any atom is 0.338 e. The molecule has 1 aliphatic rings. The van der Waals surface area contributed by atoms with E-state index in [1.165, 1.54) is 0 Å². The number of esters is 1. The molecule has 4 atom stereocenters. The van der Waals surface area contributed by atoms with Gasteiger partial charge in [-0.15, -0.1) is 0 Å². The van der Waals surface area contributed by atoms with Gasteiger partial charge in [0.1, 0.15) is 12.2 Å². The van der Waals surface area contributed by atoms with Crippen molar-refractivity contribution in [2.75, 3.05) is 6.61 Å². The third-order valence-corrected chi connectivity index (χ3v) is 1.74. The zero-order valence-electron chi connectivity index (χ0n) is 6.12. The van der Waals surface area contributed by atoms with E-state index in [0.717, 1.165) is 0 Å². The Kier molecular flexibility index (Phi) is 2.63. The number of hydrogen-bond donors (Lipinski definition) is 4. The second-order valence-corrected chi connectivity index (χ2v) is 2.58. The molecule has 4 N–H and O–H groups in total. The Morgan fingerprint density at radius 2 is 1.83 bits per heavy atom. The van der Waals surface area contributed by atoms with Gasteiger partial charge in [-0.25, -0.2) is 4.79 Å². The summed E-state index contributed by atoms with van der Waals surface area (Å²) in [6.45, 7) is -0.587. The summed E-state index contributed by atoms with van der Waals surface area (Å²) in [5.74, 6) is -1.04. The molecule has 0 aromatic carbocycles. The summed E-state index contributed by atoms with van der Waals surface area (Å²) in [6.07, 6.45) is -5.93. The van der Waals surface area contributed by atoms with Crippen molar-refractivity contribution in [3.63, 3.8) is 0 Å². The number of hydrogen-bond acceptors (Lipinski definition) is 6. The molecule has 12 heavy (non-hydrogen) atoms. The molecule has 0 aliphatic carbocycles. The summed E-state index contributed by atoms with van der Waals surface area (Å²) in [5, 5.41) is 35.5. The molecule has 6 heteroatoms. The topological polar surface area (TPSA) is 107 Å². The number of carbonyl (C=O) groups excluding carboxylic acids is 1. The lowest BCUT2D eigenvalue weighted by Gasteiger charge is -2.32. The molecule has 0 bridgehead atoms. The lowest BCUT2D eigenvalue weighted by Crippen LogP contribution is -2.56. The minimum atomic E-state index is -1.73. The second kappa shape index (κ2) is 3.36. The van der Waals surface area contributed by atoms with Crippen LogP contribution in [0.3, 0.4) is 0 Å². The van der Waals surface area contributed by atoms with E-state index in [0.29, 0.717) is 0 Å². The fourth-order valence-electron chi connectivity index (χ4n) is 0.980. The van der Waals surface area contributed by atoms with Crippen LogP contribution in [0.4, 0.5) is 0 Å². The van der Waals surface area contributed by atoms with E-state index in [1.807, 2.05) is 0 Å². The summed E-state index contributed by atoms with van der Waals surface area (Å²) >= 11 is 0. The van der Waals surface area contributed by atoms with Gasteiger partial charge in [0.15, 0.2) is 12.2 Å². The van der Waals surface area contributed by atoms with Crippen molar-refractivity contribution in [3.05, 3.63) is 0 Å². The van der Waals surface area contributed by atoms with Crippen molar-refractivity contribution < 1.29 is 30.0 Å². The van der Waals surface area contributed by atoms with Gasteiger partial charge in [-0.1, -0.05) is 0 Å². The van der Waals surface area contributed by atoms with Crippen molar-refractivity contribution in [2.24, 2.45) is 0 Å². The molecule has 0 saturated carbocycles. The Balaban J connectivity index is 2.70. The van der Waals surface area contributed by atoms with E-state index < -0.39 is 37.0 Å². The second-order valence-electron chi connectivity index (χ2n) is 2.58. The van der Waals surface area contributed by atoms with Gasteiger partial charge in [0.2, 0.25) is 0 Å². The average Bonchev–Trinajstić information content (AvgIpc) is 2.08. The Morgan fingerprint density at radius 1 is 1.25 bits per heavy atom. The van der Waals surface area contributed by atoms with Gasteiger partial charge in [0, 0.05) is 0 Å². The lowest BCUT2D eigenvalue weighted by atomic mass is 10.0. The van der Waals surface area contributed by atoms with Crippen LogP contribution in [0.1, 0.15) is 0 Å². The molecule has 1 heterocycles. The zero-order chi connectivity index (χ0) is 9.30. The highest BCUT2D eigenvalue weighted by atomic mass is 16.6. The van der Waals surface area contributed by atoms with Crippen LogP contribution in [0, 0.1) is 0 Å². The van der Waals surface area contributed by atoms with Crippen LogP contribution in [0.2, 0.25) is 0 Å². The van der Waals surface area contributed by atoms with Crippen LogP contribution < -0.4 is 0 Å². The molecule has 0 amide bonds. The Labute approximate surface area is 68.0 Å². The van der Waals surface area contributed by atoms with Crippen molar-refractivity contribution in [1.82, 2.24) is 0 Å². The number of aliphatic hydroxyl groups excluding tert-OH is 4. The normalized spacial score (nSPS) is 42.5. The highest BCUT2D eigenvalue weighted by molar-refractivity contribution is 5.76. The standard InChI is InChI=1S/C6H10O6/c7-1-2-3(8)4(9)5(10)6(11)12-2/h2-5,7-10H,1H2/t2?,3?,4?,5-/m0/s1. The van der Waals surface area contributed by atoms with E-state index in [9.17, 15) is 4.79 Å². The molecule has 3 unspecified atom stereocenters. The van der Waals surface area contributed by atoms with Crippen LogP contribution in [0.5, 0.6) is 0 Å². The maximum atomic E-state index is 10.7. The number of aliphatic hydroxyl groups is 4. The quantitative estimate of drug-likeness (QED) is 0.318. The minimum absolute atomic E-state index is 0.587. The summed E-state index contributed by atoms with van der Waals surface area (Å²) in [6, 6.07) is 0. The summed E-state index contributed by atoms with van der Waals surface area (Å²) in [4.78, 5) is 10.7. The third kappa shape index (κ3) is 1.42. The first-order valence-corrected chi connectivity index (χ1v) is 3.43. The van der Waals surface area contributed by atoms with E-state index in [4.69, 9.17) is 20.4 Å². The molecule has 70 valence electrons. The monoisotopic (exact) mass is 178 g/mol. The first-order chi connectivity index (χ1) is 5.57. The molecular formula is C6H10O6. The van der Waals surface area contributed by atoms with Gasteiger partial charge in [-0.3, -0.25) is 0 Å². The number of ether oxygens (including phenoxy) is 1. The van der Waals surface area contributed by atoms with Gasteiger partial charge in [0.05, 0.1) is 6.61 Å². The summed E-state index contributed by atoms with van der Waals surface area (Å²) < 4.78 is 4.38. The molecule has 6 nitrogen and oxygen atoms in total. The number of cyclic esters (lactones) is 1. The highest BCUT2D eigenvalue weighted by Crippen LogP contribution is 2.15. The fourth-order valence-corrected chi connectivity index (χ4v) is 0.980. The van der Waals surface area contributed by atoms with E-state index in [2.05, 4.69) is 4.74 Å². The van der Waals surface area contributed by atoms with Crippen LogP contribution in [-0.2, 0) is 9.53 Å². The third-order valence-electron chi connectivity index (χ3n) is 1.74. The molecule has 1 fully saturated rings. The van der Waals surface area contributed by atoms with Crippen LogP contribution in [0.25, 0.3) is 0 Å². The molecule has 0 spiro atoms. The predicted octanol–water partition coefficient (Wildman–Crippen LogP) is -3.01. The first-order valence-electron chi connectivity index (χ1n) is 3.43. The lowest BCUT2D eigenvalue weighted by molar-refractivity contribution is -0.206. The Bertz CT molecular complexity index is 179. The zero-order valence-corrected chi connectivity index (χ0v) is 6.12. The smallest absolute Gasteiger partial charge is 0.338 e. The molecule has 0 aromatic heterocycles. The van der Waals surface area contributed by atoms with Crippen molar-refractivity contribution in [1.29, 1.82) is 0 Å². The minimum Gasteiger partial charge on any atom is -0.455 e. The SMILES string of the molecule is O=C1OC(CO)C(O)C(O)[C@@H]1O. The average molecular weight is 178 g/mol. The van der Waals surface area contributed by atoms with Gasteiger partial charge in [-0.2, -0.15) is 0 Å². The molecule has 1 aliphatic heterocycles. The molecular weight excluding hydrogens is 168 g/mol. The summed E-state index contributed by atoms with van der Waals surface area (Å²) in [5.41, 5.74) is 0. The molecule has 0 radical (unpaired) electrons. The van der Waals surface area contributed by atoms with Crippen LogP contribution in [-0.4, -0.2) is 57.4 Å². The maximum absolute atomic E-state index is 10.7. The molecule has 1 saturated heterocycles. The van der Waals surface area contributed by atoms with Crippen molar-refractivity contribution >= 4 is 5.97 Å². The van der Waals surface area contributed by atoms with Gasteiger partial charge in [-0.05, 0) is 0 Å². The largest absolute Gasteiger partial charge is 0.455 e. The van der Waals surface area contributed by atoms with E-state index in [1.54, 1.807) is 0 Å². The predicted molar refractivity (Wildman–Crippen MR) is 35.0 cm³/mol. The molecule has 0 aromatic rings. The molecule has 1 rings (SSSR count). The number of carbonyl (C=O) groups is 1. The van der Waals surface area contributed by atoms with Crippen LogP contribution in [0.15, 0.2) is 0 Å². The van der Waals surface area contributed by atoms with E-state index in [-0.39, 0.29) is 0 Å². The van der Waals surface area contributed by atoms with Crippen LogP contribution >= 0.6 is 0 Å². The number of rotatable bonds is 1. The van der Waals surface area contributed by atoms with Gasteiger partial charge >= 0.3 is 5.97 Å². The Hall–Kier alpha value is -0.690. The van der Waals surface area contributed by atoms with Gasteiger partial charge in [0.25, 0.3) is 0 Å². The highest BCUT2D eigenvalue weighted by Gasteiger charge is 2.43.